The first-order chi connectivity index (χ1) is 13.2. The van der Waals surface area contributed by atoms with Crippen LogP contribution in [0.5, 0.6) is 5.88 Å². The fourth-order valence-electron chi connectivity index (χ4n) is 2.25. The number of rotatable bonds is 7. The summed E-state index contributed by atoms with van der Waals surface area (Å²) in [7, 11) is 0. The molecule has 0 saturated heterocycles. The molecule has 1 saturated carbocycles. The maximum atomic E-state index is 12.4. The van der Waals surface area contributed by atoms with E-state index in [9.17, 15) is 4.79 Å². The van der Waals surface area contributed by atoms with Gasteiger partial charge >= 0.3 is 0 Å². The largest absolute Gasteiger partial charge is 0.477 e. The molecule has 0 unspecified atom stereocenters. The number of hydrogen-bond donors (Lipinski definition) is 1. The van der Waals surface area contributed by atoms with Crippen molar-refractivity contribution in [3.8, 4) is 5.88 Å². The van der Waals surface area contributed by atoms with Gasteiger partial charge in [0.25, 0.3) is 5.91 Å². The highest BCUT2D eigenvalue weighted by Gasteiger charge is 2.22. The number of nitrogens with one attached hydrogen (secondary N) is 1. The van der Waals surface area contributed by atoms with E-state index in [2.05, 4.69) is 20.5 Å². The standard InChI is InChI=1S/C18H15ClN4O2S2/c19-14-7-13(4-5-15(14)27-18-23-21-10-26-18)22-17(24)12-3-6-16(20-8-12)25-9-11-1-2-11/h3-8,10-11H,1-2,9H2,(H,22,24). The summed E-state index contributed by atoms with van der Waals surface area (Å²) in [5.41, 5.74) is 2.74. The number of halogens is 1. The molecule has 1 N–H and O–H groups in total. The van der Waals surface area contributed by atoms with Gasteiger partial charge in [-0.1, -0.05) is 34.7 Å². The predicted molar refractivity (Wildman–Crippen MR) is 106 cm³/mol. The minimum absolute atomic E-state index is 0.253. The van der Waals surface area contributed by atoms with Gasteiger partial charge in [-0.05, 0) is 43.0 Å². The second-order valence-corrected chi connectivity index (χ2v) is 8.58. The van der Waals surface area contributed by atoms with Crippen molar-refractivity contribution in [1.29, 1.82) is 0 Å². The third kappa shape index (κ3) is 4.97. The maximum absolute atomic E-state index is 12.4. The first-order valence-electron chi connectivity index (χ1n) is 8.31. The lowest BCUT2D eigenvalue weighted by molar-refractivity contribution is 0.102. The Morgan fingerprint density at radius 3 is 2.89 bits per heavy atom. The van der Waals surface area contributed by atoms with Crippen LogP contribution in [-0.2, 0) is 0 Å². The SMILES string of the molecule is O=C(Nc1ccc(Sc2nncs2)c(Cl)c1)c1ccc(OCC2CC2)nc1. The van der Waals surface area contributed by atoms with Gasteiger partial charge in [0, 0.05) is 22.8 Å². The highest BCUT2D eigenvalue weighted by atomic mass is 35.5. The first kappa shape index (κ1) is 18.2. The van der Waals surface area contributed by atoms with Crippen molar-refractivity contribution in [3.05, 3.63) is 52.6 Å². The van der Waals surface area contributed by atoms with Crippen LogP contribution in [0.15, 0.2) is 51.3 Å². The summed E-state index contributed by atoms with van der Waals surface area (Å²) < 4.78 is 6.39. The van der Waals surface area contributed by atoms with Crippen LogP contribution < -0.4 is 10.1 Å². The van der Waals surface area contributed by atoms with Crippen molar-refractivity contribution < 1.29 is 9.53 Å². The number of ether oxygens (including phenoxy) is 1. The molecule has 0 radical (unpaired) electrons. The summed E-state index contributed by atoms with van der Waals surface area (Å²) in [5.74, 6) is 0.948. The molecule has 138 valence electrons. The molecule has 0 atom stereocenters. The van der Waals surface area contributed by atoms with Crippen LogP contribution in [-0.4, -0.2) is 27.7 Å². The van der Waals surface area contributed by atoms with Crippen LogP contribution in [0.1, 0.15) is 23.2 Å². The monoisotopic (exact) mass is 418 g/mol. The average Bonchev–Trinajstić information content (AvgIpc) is 3.37. The van der Waals surface area contributed by atoms with Crippen molar-refractivity contribution in [2.45, 2.75) is 22.1 Å². The van der Waals surface area contributed by atoms with Crippen LogP contribution in [0, 0.1) is 5.92 Å². The van der Waals surface area contributed by atoms with E-state index in [-0.39, 0.29) is 5.91 Å². The molecule has 2 heterocycles. The molecule has 9 heteroatoms. The van der Waals surface area contributed by atoms with Gasteiger partial charge in [0.15, 0.2) is 4.34 Å². The molecule has 2 aromatic heterocycles. The van der Waals surface area contributed by atoms with Gasteiger partial charge in [0.05, 0.1) is 17.2 Å². The third-order valence-electron chi connectivity index (χ3n) is 3.89. The number of aromatic nitrogens is 3. The molecule has 1 aromatic carbocycles. The number of anilines is 1. The van der Waals surface area contributed by atoms with E-state index in [1.165, 1.54) is 42.1 Å². The number of pyridine rings is 1. The molecule has 3 aromatic rings. The summed E-state index contributed by atoms with van der Waals surface area (Å²) >= 11 is 9.19. The zero-order valence-electron chi connectivity index (χ0n) is 14.1. The number of amides is 1. The Bertz CT molecular complexity index is 931. The molecular weight excluding hydrogens is 404 g/mol. The Balaban J connectivity index is 1.37. The Morgan fingerprint density at radius 1 is 1.33 bits per heavy atom. The van der Waals surface area contributed by atoms with Gasteiger partial charge in [-0.15, -0.1) is 10.2 Å². The van der Waals surface area contributed by atoms with E-state index in [0.29, 0.717) is 34.7 Å². The van der Waals surface area contributed by atoms with E-state index in [0.717, 1.165) is 9.24 Å². The number of carbonyl (C=O) groups is 1. The van der Waals surface area contributed by atoms with Crippen LogP contribution in [0.25, 0.3) is 0 Å². The molecule has 0 bridgehead atoms. The van der Waals surface area contributed by atoms with Crippen LogP contribution >= 0.6 is 34.7 Å². The lowest BCUT2D eigenvalue weighted by atomic mass is 10.2. The summed E-state index contributed by atoms with van der Waals surface area (Å²) in [6.07, 6.45) is 3.96. The second-order valence-electron chi connectivity index (χ2n) is 6.05. The van der Waals surface area contributed by atoms with Crippen molar-refractivity contribution in [1.82, 2.24) is 15.2 Å². The lowest BCUT2D eigenvalue weighted by Crippen LogP contribution is -2.12. The first-order valence-corrected chi connectivity index (χ1v) is 10.4. The minimum Gasteiger partial charge on any atom is -0.477 e. The van der Waals surface area contributed by atoms with Crippen LogP contribution in [0.3, 0.4) is 0 Å². The fraction of sp³-hybridized carbons (Fsp3) is 0.222. The lowest BCUT2D eigenvalue weighted by Gasteiger charge is -2.08. The highest BCUT2D eigenvalue weighted by molar-refractivity contribution is 8.01. The normalized spacial score (nSPS) is 13.4. The predicted octanol–water partition coefficient (Wildman–Crippen LogP) is 4.78. The van der Waals surface area contributed by atoms with Crippen LogP contribution in [0.4, 0.5) is 5.69 Å². The number of nitrogens with zero attached hydrogens (tertiary/aromatic N) is 3. The number of carbonyl (C=O) groups excluding carboxylic acids is 1. The van der Waals surface area contributed by atoms with Gasteiger partial charge in [-0.2, -0.15) is 0 Å². The van der Waals surface area contributed by atoms with Gasteiger partial charge < -0.3 is 10.1 Å². The maximum Gasteiger partial charge on any atom is 0.257 e. The minimum atomic E-state index is -0.253. The Kier molecular flexibility index (Phi) is 5.56. The second kappa shape index (κ2) is 8.24. The Labute approximate surface area is 169 Å². The third-order valence-corrected chi connectivity index (χ3v) is 6.17. The van der Waals surface area contributed by atoms with Crippen molar-refractivity contribution >= 4 is 46.3 Å². The van der Waals surface area contributed by atoms with Crippen molar-refractivity contribution in [2.75, 3.05) is 11.9 Å². The van der Waals surface area contributed by atoms with E-state index < -0.39 is 0 Å². The fourth-order valence-corrected chi connectivity index (χ4v) is 3.99. The molecule has 1 aliphatic carbocycles. The van der Waals surface area contributed by atoms with E-state index in [1.54, 1.807) is 29.8 Å². The molecule has 1 aliphatic rings. The zero-order chi connectivity index (χ0) is 18.6. The topological polar surface area (TPSA) is 77.0 Å². The Hall–Kier alpha value is -2.16. The number of benzene rings is 1. The number of hydrogen-bond acceptors (Lipinski definition) is 7. The quantitative estimate of drug-likeness (QED) is 0.595. The highest BCUT2D eigenvalue weighted by Crippen LogP contribution is 2.35. The van der Waals surface area contributed by atoms with Crippen molar-refractivity contribution in [2.24, 2.45) is 5.92 Å². The van der Waals surface area contributed by atoms with Gasteiger partial charge in [0.1, 0.15) is 5.51 Å². The van der Waals surface area contributed by atoms with Gasteiger partial charge in [-0.3, -0.25) is 4.79 Å². The van der Waals surface area contributed by atoms with Crippen molar-refractivity contribution in [3.63, 3.8) is 0 Å². The summed E-state index contributed by atoms with van der Waals surface area (Å²) in [4.78, 5) is 17.4. The molecule has 0 spiro atoms. The summed E-state index contributed by atoms with van der Waals surface area (Å²) in [6.45, 7) is 0.693. The average molecular weight is 419 g/mol. The van der Waals surface area contributed by atoms with E-state index in [1.807, 2.05) is 6.07 Å². The smallest absolute Gasteiger partial charge is 0.257 e. The molecule has 4 rings (SSSR count). The zero-order valence-corrected chi connectivity index (χ0v) is 16.5. The van der Waals surface area contributed by atoms with Gasteiger partial charge in [-0.25, -0.2) is 4.98 Å². The molecule has 6 nitrogen and oxygen atoms in total. The molecule has 1 amide bonds. The molecular formula is C18H15ClN4O2S2. The summed E-state index contributed by atoms with van der Waals surface area (Å²) in [5, 5.41) is 11.1. The Morgan fingerprint density at radius 2 is 2.22 bits per heavy atom. The van der Waals surface area contributed by atoms with E-state index >= 15 is 0 Å². The van der Waals surface area contributed by atoms with E-state index in [4.69, 9.17) is 16.3 Å². The molecule has 27 heavy (non-hydrogen) atoms. The van der Waals surface area contributed by atoms with Crippen LogP contribution in [0.2, 0.25) is 5.02 Å². The molecule has 1 fully saturated rings. The molecule has 0 aliphatic heterocycles. The van der Waals surface area contributed by atoms with Gasteiger partial charge in [0.2, 0.25) is 5.88 Å². The summed E-state index contributed by atoms with van der Waals surface area (Å²) in [6, 6.07) is 8.77.